The van der Waals surface area contributed by atoms with Crippen molar-refractivity contribution in [3.05, 3.63) is 28.2 Å². The second kappa shape index (κ2) is 5.69. The number of hydrogen-bond acceptors (Lipinski definition) is 2. The molecule has 1 rings (SSSR count). The van der Waals surface area contributed by atoms with Crippen molar-refractivity contribution in [2.45, 2.75) is 29.3 Å². The predicted octanol–water partition coefficient (Wildman–Crippen LogP) is 4.36. The largest absolute Gasteiger partial charge is 0.402 e. The van der Waals surface area contributed by atoms with Gasteiger partial charge in [-0.15, -0.1) is 11.8 Å². The molecule has 0 saturated heterocycles. The van der Waals surface area contributed by atoms with Crippen LogP contribution in [0.5, 0.6) is 0 Å². The Morgan fingerprint density at radius 1 is 1.24 bits per heavy atom. The zero-order chi connectivity index (χ0) is 13.2. The van der Waals surface area contributed by atoms with Gasteiger partial charge >= 0.3 is 6.18 Å². The molecule has 1 nitrogen and oxygen atoms in total. The van der Waals surface area contributed by atoms with E-state index in [0.29, 0.717) is 21.7 Å². The summed E-state index contributed by atoms with van der Waals surface area (Å²) in [5.41, 5.74) is 5.34. The molecule has 0 heterocycles. The highest BCUT2D eigenvalue weighted by atomic mass is 35.5. The van der Waals surface area contributed by atoms with Crippen molar-refractivity contribution in [3.63, 3.8) is 0 Å². The molecule has 0 aliphatic heterocycles. The molecule has 2 atom stereocenters. The van der Waals surface area contributed by atoms with Gasteiger partial charge in [0, 0.05) is 10.9 Å². The van der Waals surface area contributed by atoms with Gasteiger partial charge in [-0.25, -0.2) is 0 Å². The molecular formula is C10H10Cl2F3NS. The number of nitrogens with two attached hydrogens (primary N) is 1. The maximum Gasteiger partial charge on any atom is 0.402 e. The number of hydrogen-bond donors (Lipinski definition) is 1. The molecule has 0 spiro atoms. The first-order valence-corrected chi connectivity index (χ1v) is 6.29. The van der Waals surface area contributed by atoms with Gasteiger partial charge in [-0.2, -0.15) is 13.2 Å². The van der Waals surface area contributed by atoms with E-state index in [0.717, 1.165) is 0 Å². The molecule has 0 aliphatic rings. The fourth-order valence-corrected chi connectivity index (χ4v) is 2.51. The van der Waals surface area contributed by atoms with E-state index in [4.69, 9.17) is 28.9 Å². The SMILES string of the molecule is CC(N)C(Sc1ccc(Cl)c(Cl)c1)C(F)(F)F. The van der Waals surface area contributed by atoms with Crippen LogP contribution in [0.25, 0.3) is 0 Å². The minimum absolute atomic E-state index is 0.224. The zero-order valence-corrected chi connectivity index (χ0v) is 11.1. The standard InChI is InChI=1S/C10H10Cl2F3NS/c1-5(16)9(10(13,14)15)17-6-2-3-7(11)8(12)4-6/h2-5,9H,16H2,1H3. The van der Waals surface area contributed by atoms with E-state index in [-0.39, 0.29) is 5.02 Å². The highest BCUT2D eigenvalue weighted by Gasteiger charge is 2.42. The maximum atomic E-state index is 12.7. The number of alkyl halides is 3. The van der Waals surface area contributed by atoms with E-state index in [1.165, 1.54) is 25.1 Å². The molecule has 17 heavy (non-hydrogen) atoms. The van der Waals surface area contributed by atoms with Gasteiger partial charge in [0.2, 0.25) is 0 Å². The van der Waals surface area contributed by atoms with Gasteiger partial charge in [0.05, 0.1) is 10.0 Å². The van der Waals surface area contributed by atoms with Crippen molar-refractivity contribution in [2.75, 3.05) is 0 Å². The number of benzene rings is 1. The Hall–Kier alpha value is -0.100. The molecule has 0 aliphatic carbocycles. The van der Waals surface area contributed by atoms with Crippen LogP contribution in [-0.2, 0) is 0 Å². The summed E-state index contributed by atoms with van der Waals surface area (Å²) in [7, 11) is 0. The summed E-state index contributed by atoms with van der Waals surface area (Å²) in [6, 6.07) is 3.34. The van der Waals surface area contributed by atoms with Gasteiger partial charge < -0.3 is 5.73 Å². The Kier molecular flexibility index (Phi) is 5.01. The lowest BCUT2D eigenvalue weighted by molar-refractivity contribution is -0.131. The maximum absolute atomic E-state index is 12.7. The van der Waals surface area contributed by atoms with Crippen LogP contribution in [0, 0.1) is 0 Å². The van der Waals surface area contributed by atoms with Crippen LogP contribution < -0.4 is 5.73 Å². The molecule has 2 N–H and O–H groups in total. The van der Waals surface area contributed by atoms with Gasteiger partial charge in [0.1, 0.15) is 5.25 Å². The van der Waals surface area contributed by atoms with E-state index >= 15 is 0 Å². The molecular weight excluding hydrogens is 294 g/mol. The summed E-state index contributed by atoms with van der Waals surface area (Å²) in [6.07, 6.45) is -4.36. The van der Waals surface area contributed by atoms with Gasteiger partial charge in [0.25, 0.3) is 0 Å². The third-order valence-electron chi connectivity index (χ3n) is 1.95. The Balaban J connectivity index is 2.91. The first kappa shape index (κ1) is 15.0. The van der Waals surface area contributed by atoms with Crippen LogP contribution >= 0.6 is 35.0 Å². The lowest BCUT2D eigenvalue weighted by atomic mass is 10.2. The summed E-state index contributed by atoms with van der Waals surface area (Å²) in [6.45, 7) is 1.32. The molecule has 2 unspecified atom stereocenters. The third kappa shape index (κ3) is 4.25. The molecule has 0 aromatic heterocycles. The topological polar surface area (TPSA) is 26.0 Å². The summed E-state index contributed by atoms with van der Waals surface area (Å²) < 4.78 is 38.0. The smallest absolute Gasteiger partial charge is 0.327 e. The van der Waals surface area contributed by atoms with Crippen LogP contribution in [-0.4, -0.2) is 17.5 Å². The summed E-state index contributed by atoms with van der Waals surface area (Å²) in [5, 5.41) is -1.14. The number of thioether (sulfide) groups is 1. The molecule has 96 valence electrons. The molecule has 1 aromatic rings. The Morgan fingerprint density at radius 2 is 1.82 bits per heavy atom. The minimum Gasteiger partial charge on any atom is -0.327 e. The lowest BCUT2D eigenvalue weighted by Gasteiger charge is -2.23. The van der Waals surface area contributed by atoms with Crippen molar-refractivity contribution >= 4 is 35.0 Å². The molecule has 7 heteroatoms. The van der Waals surface area contributed by atoms with Crippen molar-refractivity contribution in [1.82, 2.24) is 0 Å². The fourth-order valence-electron chi connectivity index (χ4n) is 1.17. The van der Waals surface area contributed by atoms with Gasteiger partial charge in [0.15, 0.2) is 0 Å². The van der Waals surface area contributed by atoms with Crippen LogP contribution in [0.4, 0.5) is 13.2 Å². The summed E-state index contributed by atoms with van der Waals surface area (Å²) in [5.74, 6) is 0. The predicted molar refractivity (Wildman–Crippen MR) is 65.8 cm³/mol. The van der Waals surface area contributed by atoms with Gasteiger partial charge in [-0.1, -0.05) is 23.2 Å². The summed E-state index contributed by atoms with van der Waals surface area (Å²) in [4.78, 5) is 0.388. The highest BCUT2D eigenvalue weighted by molar-refractivity contribution is 8.00. The molecule has 1 aromatic carbocycles. The van der Waals surface area contributed by atoms with Crippen molar-refractivity contribution in [1.29, 1.82) is 0 Å². The Labute approximate surface area is 111 Å². The molecule has 0 radical (unpaired) electrons. The van der Waals surface area contributed by atoms with Crippen LogP contribution in [0.3, 0.4) is 0 Å². The van der Waals surface area contributed by atoms with Crippen molar-refractivity contribution < 1.29 is 13.2 Å². The first-order chi connectivity index (χ1) is 7.71. The Morgan fingerprint density at radius 3 is 2.24 bits per heavy atom. The van der Waals surface area contributed by atoms with Crippen LogP contribution in [0.1, 0.15) is 6.92 Å². The zero-order valence-electron chi connectivity index (χ0n) is 8.76. The molecule has 0 bridgehead atoms. The molecule has 0 amide bonds. The van der Waals surface area contributed by atoms with E-state index < -0.39 is 17.5 Å². The van der Waals surface area contributed by atoms with E-state index in [1.54, 1.807) is 0 Å². The monoisotopic (exact) mass is 303 g/mol. The number of rotatable bonds is 3. The van der Waals surface area contributed by atoms with Crippen molar-refractivity contribution in [3.8, 4) is 0 Å². The Bertz CT molecular complexity index is 396. The summed E-state index contributed by atoms with van der Waals surface area (Å²) >= 11 is 12.0. The second-order valence-corrected chi connectivity index (χ2v) is 5.54. The minimum atomic E-state index is -4.36. The van der Waals surface area contributed by atoms with E-state index in [2.05, 4.69) is 0 Å². The molecule has 0 saturated carbocycles. The lowest BCUT2D eigenvalue weighted by Crippen LogP contribution is -2.40. The van der Waals surface area contributed by atoms with Gasteiger partial charge in [-0.05, 0) is 25.1 Å². The normalized spacial score (nSPS) is 15.7. The first-order valence-electron chi connectivity index (χ1n) is 4.66. The average Bonchev–Trinajstić information content (AvgIpc) is 2.17. The molecule has 0 fully saturated rings. The van der Waals surface area contributed by atoms with Crippen LogP contribution in [0.15, 0.2) is 23.1 Å². The van der Waals surface area contributed by atoms with Gasteiger partial charge in [-0.3, -0.25) is 0 Å². The second-order valence-electron chi connectivity index (χ2n) is 3.52. The average molecular weight is 304 g/mol. The van der Waals surface area contributed by atoms with Crippen molar-refractivity contribution in [2.24, 2.45) is 5.73 Å². The van der Waals surface area contributed by atoms with E-state index in [1.807, 2.05) is 0 Å². The number of halogens is 5. The highest BCUT2D eigenvalue weighted by Crippen LogP contribution is 2.38. The fraction of sp³-hybridized carbons (Fsp3) is 0.400. The van der Waals surface area contributed by atoms with Crippen LogP contribution in [0.2, 0.25) is 10.0 Å². The quantitative estimate of drug-likeness (QED) is 0.839. The third-order valence-corrected chi connectivity index (χ3v) is 4.17. The van der Waals surface area contributed by atoms with E-state index in [9.17, 15) is 13.2 Å².